The average Bonchev–Trinajstić information content (AvgIpc) is 2.53. The zero-order valence-electron chi connectivity index (χ0n) is 15.0. The highest BCUT2D eigenvalue weighted by atomic mass is 32.2. The van der Waals surface area contributed by atoms with Gasteiger partial charge in [-0.25, -0.2) is 23.5 Å². The fourth-order valence-corrected chi connectivity index (χ4v) is 2.83. The van der Waals surface area contributed by atoms with Gasteiger partial charge in [0, 0.05) is 18.7 Å². The molecule has 0 saturated carbocycles. The summed E-state index contributed by atoms with van der Waals surface area (Å²) >= 11 is 0. The van der Waals surface area contributed by atoms with Gasteiger partial charge < -0.3 is 10.6 Å². The molecule has 4 N–H and O–H groups in total. The quantitative estimate of drug-likeness (QED) is 0.666. The maximum atomic E-state index is 12.3. The number of carbonyl (C=O) groups excluding carboxylic acids is 1. The van der Waals surface area contributed by atoms with Crippen molar-refractivity contribution < 1.29 is 13.2 Å². The minimum Gasteiger partial charge on any atom is -0.368 e. The second-order valence-electron chi connectivity index (χ2n) is 6.18. The van der Waals surface area contributed by atoms with Crippen LogP contribution in [0.25, 0.3) is 0 Å². The van der Waals surface area contributed by atoms with Crippen LogP contribution in [0, 0.1) is 6.92 Å². The smallest absolute Gasteiger partial charge is 0.270 e. The monoisotopic (exact) mass is 377 g/mol. The van der Waals surface area contributed by atoms with Crippen LogP contribution in [-0.2, 0) is 16.4 Å². The molecule has 0 aliphatic rings. The fraction of sp³-hybridized carbons (Fsp3) is 0.353. The Balaban J connectivity index is 1.95. The van der Waals surface area contributed by atoms with E-state index in [9.17, 15) is 13.2 Å². The molecule has 0 aliphatic carbocycles. The van der Waals surface area contributed by atoms with Crippen molar-refractivity contribution in [2.45, 2.75) is 38.1 Å². The summed E-state index contributed by atoms with van der Waals surface area (Å²) in [6.45, 7) is 6.09. The molecule has 2 rings (SSSR count). The molecule has 1 aromatic carbocycles. The van der Waals surface area contributed by atoms with Crippen molar-refractivity contribution in [2.24, 2.45) is 5.14 Å². The first-order valence-electron chi connectivity index (χ1n) is 8.17. The predicted molar refractivity (Wildman–Crippen MR) is 99.4 cm³/mol. The Morgan fingerprint density at radius 1 is 1.19 bits per heavy atom. The molecule has 0 radical (unpaired) electrons. The van der Waals surface area contributed by atoms with Crippen molar-refractivity contribution in [3.63, 3.8) is 0 Å². The Kier molecular flexibility index (Phi) is 6.27. The maximum absolute atomic E-state index is 12.3. The second kappa shape index (κ2) is 8.24. The number of nitrogens with two attached hydrogens (primary N) is 1. The summed E-state index contributed by atoms with van der Waals surface area (Å²) in [4.78, 5) is 20.8. The number of amides is 1. The van der Waals surface area contributed by atoms with Crippen LogP contribution in [0.2, 0.25) is 0 Å². The van der Waals surface area contributed by atoms with E-state index >= 15 is 0 Å². The number of benzene rings is 1. The van der Waals surface area contributed by atoms with E-state index in [1.165, 1.54) is 12.1 Å². The summed E-state index contributed by atoms with van der Waals surface area (Å²) in [5.74, 6) is 0.832. The number of nitrogens with zero attached hydrogens (tertiary/aromatic N) is 2. The summed E-state index contributed by atoms with van der Waals surface area (Å²) in [5, 5.41) is 11.0. The first-order chi connectivity index (χ1) is 12.1. The first kappa shape index (κ1) is 19.8. The van der Waals surface area contributed by atoms with E-state index in [4.69, 9.17) is 5.14 Å². The van der Waals surface area contributed by atoms with Crippen LogP contribution in [0.3, 0.4) is 0 Å². The molecule has 1 aromatic heterocycles. The number of aryl methyl sites for hydroxylation is 1. The second-order valence-corrected chi connectivity index (χ2v) is 7.74. The Labute approximate surface area is 153 Å². The average molecular weight is 377 g/mol. The standard InChI is InChI=1S/C17H23N5O3S/c1-11(2)20-16-10-15(21-12(3)22-16)17(23)19-9-8-13-4-6-14(7-5-13)26(18,24)25/h4-7,10-11H,8-9H2,1-3H3,(H,19,23)(H2,18,24,25)(H,20,21,22). The van der Waals surface area contributed by atoms with Crippen LogP contribution >= 0.6 is 0 Å². The lowest BCUT2D eigenvalue weighted by molar-refractivity contribution is 0.0948. The number of aromatic nitrogens is 2. The lowest BCUT2D eigenvalue weighted by atomic mass is 10.1. The molecular formula is C17H23N5O3S. The third kappa shape index (κ3) is 5.78. The van der Waals surface area contributed by atoms with Crippen molar-refractivity contribution in [2.75, 3.05) is 11.9 Å². The number of sulfonamides is 1. The van der Waals surface area contributed by atoms with E-state index in [0.717, 1.165) is 5.56 Å². The maximum Gasteiger partial charge on any atom is 0.270 e. The third-order valence-electron chi connectivity index (χ3n) is 3.46. The number of anilines is 1. The van der Waals surface area contributed by atoms with Crippen LogP contribution in [0.1, 0.15) is 35.7 Å². The van der Waals surface area contributed by atoms with Gasteiger partial charge in [0.15, 0.2) is 0 Å². The molecule has 2 aromatic rings. The molecule has 0 saturated heterocycles. The highest BCUT2D eigenvalue weighted by molar-refractivity contribution is 7.89. The predicted octanol–water partition coefficient (Wildman–Crippen LogP) is 1.23. The van der Waals surface area contributed by atoms with Crippen molar-refractivity contribution >= 4 is 21.7 Å². The molecule has 0 unspecified atom stereocenters. The van der Waals surface area contributed by atoms with Crippen LogP contribution in [0.15, 0.2) is 35.2 Å². The lowest BCUT2D eigenvalue weighted by Crippen LogP contribution is -2.27. The van der Waals surface area contributed by atoms with Gasteiger partial charge in [-0.3, -0.25) is 4.79 Å². The Morgan fingerprint density at radius 2 is 1.85 bits per heavy atom. The number of carbonyl (C=O) groups is 1. The number of hydrogen-bond acceptors (Lipinski definition) is 6. The first-order valence-corrected chi connectivity index (χ1v) is 9.72. The van der Waals surface area contributed by atoms with E-state index in [0.29, 0.717) is 30.3 Å². The Morgan fingerprint density at radius 3 is 2.42 bits per heavy atom. The van der Waals surface area contributed by atoms with Crippen LogP contribution in [-0.4, -0.2) is 36.9 Å². The topological polar surface area (TPSA) is 127 Å². The van der Waals surface area contributed by atoms with Crippen LogP contribution < -0.4 is 15.8 Å². The number of rotatable bonds is 7. The highest BCUT2D eigenvalue weighted by Gasteiger charge is 2.11. The number of primary sulfonamides is 1. The van der Waals surface area contributed by atoms with Crippen molar-refractivity contribution in [3.8, 4) is 0 Å². The molecule has 1 amide bonds. The Bertz CT molecular complexity index is 880. The summed E-state index contributed by atoms with van der Waals surface area (Å²) in [5.41, 5.74) is 1.18. The van der Waals surface area contributed by atoms with Crippen LogP contribution in [0.5, 0.6) is 0 Å². The number of hydrogen-bond donors (Lipinski definition) is 3. The lowest BCUT2D eigenvalue weighted by Gasteiger charge is -2.11. The SMILES string of the molecule is Cc1nc(NC(C)C)cc(C(=O)NCCc2ccc(S(N)(=O)=O)cc2)n1. The van der Waals surface area contributed by atoms with Gasteiger partial charge in [0.25, 0.3) is 5.91 Å². The molecule has 0 atom stereocenters. The normalized spacial score (nSPS) is 11.4. The zero-order chi connectivity index (χ0) is 19.3. The van der Waals surface area contributed by atoms with E-state index in [2.05, 4.69) is 20.6 Å². The fourth-order valence-electron chi connectivity index (χ4n) is 2.31. The molecule has 1 heterocycles. The van der Waals surface area contributed by atoms with Crippen LogP contribution in [0.4, 0.5) is 5.82 Å². The van der Waals surface area contributed by atoms with Crippen molar-refractivity contribution in [3.05, 3.63) is 47.4 Å². The molecule has 26 heavy (non-hydrogen) atoms. The number of nitrogens with one attached hydrogen (secondary N) is 2. The van der Waals surface area contributed by atoms with Crippen molar-refractivity contribution in [1.82, 2.24) is 15.3 Å². The molecule has 9 heteroatoms. The summed E-state index contributed by atoms with van der Waals surface area (Å²) < 4.78 is 22.5. The van der Waals surface area contributed by atoms with E-state index in [1.807, 2.05) is 13.8 Å². The van der Waals surface area contributed by atoms with Gasteiger partial charge in [0.05, 0.1) is 4.90 Å². The summed E-state index contributed by atoms with van der Waals surface area (Å²) in [6.07, 6.45) is 0.553. The van der Waals surface area contributed by atoms with Gasteiger partial charge in [-0.15, -0.1) is 0 Å². The van der Waals surface area contributed by atoms with Gasteiger partial charge in [-0.05, 0) is 44.9 Å². The summed E-state index contributed by atoms with van der Waals surface area (Å²) in [6, 6.07) is 8.05. The third-order valence-corrected chi connectivity index (χ3v) is 4.39. The summed E-state index contributed by atoms with van der Waals surface area (Å²) in [7, 11) is -3.70. The minimum atomic E-state index is -3.70. The molecule has 0 fully saturated rings. The minimum absolute atomic E-state index is 0.0620. The molecule has 0 aliphatic heterocycles. The van der Waals surface area contributed by atoms with Gasteiger partial charge in [0.1, 0.15) is 17.3 Å². The van der Waals surface area contributed by atoms with Gasteiger partial charge >= 0.3 is 0 Å². The Hall–Kier alpha value is -2.52. The van der Waals surface area contributed by atoms with Gasteiger partial charge in [-0.1, -0.05) is 12.1 Å². The molecule has 0 spiro atoms. The zero-order valence-corrected chi connectivity index (χ0v) is 15.8. The van der Waals surface area contributed by atoms with Crippen molar-refractivity contribution in [1.29, 1.82) is 0 Å². The van der Waals surface area contributed by atoms with E-state index in [-0.39, 0.29) is 16.8 Å². The molecular weight excluding hydrogens is 354 g/mol. The highest BCUT2D eigenvalue weighted by Crippen LogP contribution is 2.10. The molecule has 140 valence electrons. The largest absolute Gasteiger partial charge is 0.368 e. The van der Waals surface area contributed by atoms with Gasteiger partial charge in [0.2, 0.25) is 10.0 Å². The molecule has 0 bridgehead atoms. The van der Waals surface area contributed by atoms with E-state index in [1.54, 1.807) is 25.1 Å². The van der Waals surface area contributed by atoms with Gasteiger partial charge in [-0.2, -0.15) is 0 Å². The molecule has 8 nitrogen and oxygen atoms in total. The van der Waals surface area contributed by atoms with E-state index < -0.39 is 10.0 Å².